The van der Waals surface area contributed by atoms with Crippen LogP contribution in [0.2, 0.25) is 0 Å². The van der Waals surface area contributed by atoms with Crippen molar-refractivity contribution in [1.82, 2.24) is 4.31 Å². The lowest BCUT2D eigenvalue weighted by molar-refractivity contribution is -0.127. The van der Waals surface area contributed by atoms with Gasteiger partial charge in [0.2, 0.25) is 5.91 Å². The summed E-state index contributed by atoms with van der Waals surface area (Å²) in [7, 11) is -1.25. The SMILES string of the molecule is COc1ccc([C@@H](C(=O)N(C)S(=O)(=O)c2ccc(C)cc2)[C@H](Nc2cc(Br)cc(Br)c2)c2ccc(Br)cc2)cc1. The van der Waals surface area contributed by atoms with Crippen LogP contribution in [0.15, 0.2) is 109 Å². The van der Waals surface area contributed by atoms with Crippen LogP contribution in [0.5, 0.6) is 5.75 Å². The minimum atomic E-state index is -4.12. The van der Waals surface area contributed by atoms with Crippen LogP contribution >= 0.6 is 47.8 Å². The molecule has 0 saturated carbocycles. The molecule has 10 heteroatoms. The number of likely N-dealkylation sites (N-methyl/N-ethyl adjacent to an activating group) is 1. The molecule has 40 heavy (non-hydrogen) atoms. The third kappa shape index (κ3) is 6.97. The maximum Gasteiger partial charge on any atom is 0.266 e. The molecule has 0 bridgehead atoms. The zero-order valence-electron chi connectivity index (χ0n) is 21.9. The van der Waals surface area contributed by atoms with Crippen molar-refractivity contribution < 1.29 is 17.9 Å². The van der Waals surface area contributed by atoms with Crippen LogP contribution in [0.3, 0.4) is 0 Å². The summed E-state index contributed by atoms with van der Waals surface area (Å²) in [6.07, 6.45) is 0. The molecule has 1 amide bonds. The smallest absolute Gasteiger partial charge is 0.266 e. The standard InChI is InChI=1S/C30H27Br3N2O4S/c1-19-4-14-27(15-5-19)40(37,38)35(2)30(36)28(20-8-12-26(39-3)13-9-20)29(21-6-10-22(31)11-7-21)34-25-17-23(32)16-24(33)18-25/h4-18,28-29,34H,1-3H3/t28-,29-/m1/s1. The summed E-state index contributed by atoms with van der Waals surface area (Å²) in [5.74, 6) is -0.880. The lowest BCUT2D eigenvalue weighted by Crippen LogP contribution is -2.40. The first-order valence-electron chi connectivity index (χ1n) is 12.2. The maximum absolute atomic E-state index is 14.3. The van der Waals surface area contributed by atoms with Crippen molar-refractivity contribution in [2.45, 2.75) is 23.8 Å². The number of aryl methyl sites for hydroxylation is 1. The minimum Gasteiger partial charge on any atom is -0.497 e. The lowest BCUT2D eigenvalue weighted by atomic mass is 9.86. The van der Waals surface area contributed by atoms with Crippen LogP contribution in [-0.2, 0) is 14.8 Å². The van der Waals surface area contributed by atoms with Crippen molar-refractivity contribution in [2.75, 3.05) is 19.5 Å². The van der Waals surface area contributed by atoms with E-state index in [4.69, 9.17) is 4.74 Å². The second kappa shape index (κ2) is 12.9. The Hall–Kier alpha value is -2.66. The molecule has 2 atom stereocenters. The topological polar surface area (TPSA) is 75.7 Å². The predicted molar refractivity (Wildman–Crippen MR) is 169 cm³/mol. The second-order valence-electron chi connectivity index (χ2n) is 9.21. The number of carbonyl (C=O) groups is 1. The summed E-state index contributed by atoms with van der Waals surface area (Å²) in [5.41, 5.74) is 3.09. The zero-order chi connectivity index (χ0) is 29.0. The Balaban J connectivity index is 1.87. The number of sulfonamides is 1. The summed E-state index contributed by atoms with van der Waals surface area (Å²) in [6.45, 7) is 1.87. The first-order chi connectivity index (χ1) is 19.0. The molecule has 1 N–H and O–H groups in total. The molecule has 0 spiro atoms. The molecule has 0 saturated heterocycles. The molecule has 4 aromatic carbocycles. The number of methoxy groups -OCH3 is 1. The molecule has 6 nitrogen and oxygen atoms in total. The van der Waals surface area contributed by atoms with Gasteiger partial charge in [-0.25, -0.2) is 12.7 Å². The van der Waals surface area contributed by atoms with Gasteiger partial charge in [0.15, 0.2) is 0 Å². The fourth-order valence-electron chi connectivity index (χ4n) is 4.32. The Kier molecular flexibility index (Phi) is 9.76. The van der Waals surface area contributed by atoms with E-state index in [9.17, 15) is 13.2 Å². The van der Waals surface area contributed by atoms with Gasteiger partial charge in [-0.15, -0.1) is 0 Å². The molecular formula is C30H27Br3N2O4S. The highest BCUT2D eigenvalue weighted by Crippen LogP contribution is 2.38. The van der Waals surface area contributed by atoms with Crippen LogP contribution < -0.4 is 10.1 Å². The van der Waals surface area contributed by atoms with Gasteiger partial charge in [0.05, 0.1) is 24.0 Å². The van der Waals surface area contributed by atoms with E-state index in [-0.39, 0.29) is 4.90 Å². The Labute approximate surface area is 260 Å². The molecule has 0 heterocycles. The molecule has 0 aliphatic rings. The molecular weight excluding hydrogens is 724 g/mol. The first kappa shape index (κ1) is 30.3. The van der Waals surface area contributed by atoms with Gasteiger partial charge in [0.1, 0.15) is 5.75 Å². The molecule has 0 fully saturated rings. The highest BCUT2D eigenvalue weighted by Gasteiger charge is 2.38. The third-order valence-electron chi connectivity index (χ3n) is 6.48. The number of benzene rings is 4. The number of anilines is 1. The van der Waals surface area contributed by atoms with Crippen LogP contribution in [0, 0.1) is 6.92 Å². The van der Waals surface area contributed by atoms with Crippen LogP contribution in [0.1, 0.15) is 28.7 Å². The van der Waals surface area contributed by atoms with E-state index >= 15 is 0 Å². The average Bonchev–Trinajstić information content (AvgIpc) is 2.92. The van der Waals surface area contributed by atoms with E-state index in [1.165, 1.54) is 19.2 Å². The van der Waals surface area contributed by atoms with E-state index in [1.54, 1.807) is 43.5 Å². The molecule has 0 aliphatic heterocycles. The number of rotatable bonds is 9. The van der Waals surface area contributed by atoms with Crippen LogP contribution in [0.25, 0.3) is 0 Å². The lowest BCUT2D eigenvalue weighted by Gasteiger charge is -2.32. The second-order valence-corrected chi connectivity index (χ2v) is 13.9. The van der Waals surface area contributed by atoms with Crippen molar-refractivity contribution in [3.63, 3.8) is 0 Å². The van der Waals surface area contributed by atoms with Crippen molar-refractivity contribution in [2.24, 2.45) is 0 Å². The Bertz CT molecular complexity index is 1570. The van der Waals surface area contributed by atoms with E-state index in [1.807, 2.05) is 49.4 Å². The van der Waals surface area contributed by atoms with Crippen molar-refractivity contribution in [3.8, 4) is 5.75 Å². The van der Waals surface area contributed by atoms with Crippen molar-refractivity contribution >= 4 is 69.4 Å². The molecule has 0 unspecified atom stereocenters. The monoisotopic (exact) mass is 748 g/mol. The first-order valence-corrected chi connectivity index (χ1v) is 16.0. The number of nitrogens with one attached hydrogen (secondary N) is 1. The molecule has 0 aliphatic carbocycles. The van der Waals surface area contributed by atoms with Gasteiger partial charge < -0.3 is 10.1 Å². The summed E-state index contributed by atoms with van der Waals surface area (Å²) >= 11 is 10.5. The van der Waals surface area contributed by atoms with E-state index in [0.717, 1.165) is 34.5 Å². The van der Waals surface area contributed by atoms with Crippen LogP contribution in [-0.4, -0.2) is 32.8 Å². The number of ether oxygens (including phenoxy) is 1. The van der Waals surface area contributed by atoms with Gasteiger partial charge in [0.25, 0.3) is 10.0 Å². The number of halogens is 3. The Morgan fingerprint density at radius 1 is 0.800 bits per heavy atom. The highest BCUT2D eigenvalue weighted by molar-refractivity contribution is 9.11. The molecule has 4 rings (SSSR count). The predicted octanol–water partition coefficient (Wildman–Crippen LogP) is 8.08. The van der Waals surface area contributed by atoms with Gasteiger partial charge in [0, 0.05) is 26.2 Å². The van der Waals surface area contributed by atoms with E-state index < -0.39 is 27.9 Å². The largest absolute Gasteiger partial charge is 0.497 e. The zero-order valence-corrected chi connectivity index (χ0v) is 27.5. The number of carbonyl (C=O) groups excluding carboxylic acids is 1. The van der Waals surface area contributed by atoms with Gasteiger partial charge in [-0.1, -0.05) is 89.8 Å². The van der Waals surface area contributed by atoms with E-state index in [2.05, 4.69) is 53.1 Å². The van der Waals surface area contributed by atoms with Gasteiger partial charge >= 0.3 is 0 Å². The van der Waals surface area contributed by atoms with Crippen LogP contribution in [0.4, 0.5) is 5.69 Å². The highest BCUT2D eigenvalue weighted by atomic mass is 79.9. The number of hydrogen-bond donors (Lipinski definition) is 1. The van der Waals surface area contributed by atoms with E-state index in [0.29, 0.717) is 11.3 Å². The minimum absolute atomic E-state index is 0.0477. The molecule has 4 aromatic rings. The van der Waals surface area contributed by atoms with Gasteiger partial charge in [-0.05, 0) is 72.6 Å². The van der Waals surface area contributed by atoms with Crippen molar-refractivity contribution in [1.29, 1.82) is 0 Å². The number of nitrogens with zero attached hydrogens (tertiary/aromatic N) is 1. The summed E-state index contributed by atoms with van der Waals surface area (Å²) in [5, 5.41) is 3.51. The molecule has 0 radical (unpaired) electrons. The summed E-state index contributed by atoms with van der Waals surface area (Å²) in [6, 6.07) is 26.2. The fraction of sp³-hybridized carbons (Fsp3) is 0.167. The van der Waals surface area contributed by atoms with Crippen molar-refractivity contribution in [3.05, 3.63) is 121 Å². The Morgan fingerprint density at radius 3 is 1.90 bits per heavy atom. The Morgan fingerprint density at radius 2 is 1.35 bits per heavy atom. The van der Waals surface area contributed by atoms with Gasteiger partial charge in [-0.3, -0.25) is 4.79 Å². The maximum atomic E-state index is 14.3. The third-order valence-corrected chi connectivity index (χ3v) is 9.69. The normalized spacial score (nSPS) is 12.8. The number of amides is 1. The quantitative estimate of drug-likeness (QED) is 0.187. The number of hydrogen-bond acceptors (Lipinski definition) is 5. The van der Waals surface area contributed by atoms with Gasteiger partial charge in [-0.2, -0.15) is 0 Å². The molecule has 0 aromatic heterocycles. The molecule has 208 valence electrons. The average molecular weight is 751 g/mol. The summed E-state index contributed by atoms with van der Waals surface area (Å²) in [4.78, 5) is 14.4. The summed E-state index contributed by atoms with van der Waals surface area (Å²) < 4.78 is 36.0. The fourth-order valence-corrected chi connectivity index (χ4v) is 7.02.